The van der Waals surface area contributed by atoms with Gasteiger partial charge in [0.05, 0.1) is 6.85 Å². The number of hydrogen-bond acceptors (Lipinski definition) is 2. The molecule has 6 aromatic carbocycles. The zero-order valence-corrected chi connectivity index (χ0v) is 20.4. The molecule has 0 N–H and O–H groups in total. The molecule has 0 fully saturated rings. The van der Waals surface area contributed by atoms with Crippen molar-refractivity contribution >= 4 is 39.0 Å². The first kappa shape index (κ1) is 17.4. The summed E-state index contributed by atoms with van der Waals surface area (Å²) in [5.74, 6) is 0. The molecule has 0 aliphatic heterocycles. The Morgan fingerprint density at radius 1 is 0.447 bits per heavy atom. The van der Waals surface area contributed by atoms with Crippen molar-refractivity contribution in [1.29, 1.82) is 0 Å². The Kier molecular flexibility index (Phi) is 4.31. The van der Waals surface area contributed by atoms with Gasteiger partial charge in [0.15, 0.2) is 0 Å². The minimum absolute atomic E-state index is 0.190. The summed E-state index contributed by atoms with van der Waals surface area (Å²) in [4.78, 5) is 2.13. The molecule has 0 atom stereocenters. The van der Waals surface area contributed by atoms with Crippen LogP contribution >= 0.6 is 0 Å². The Labute approximate surface area is 229 Å². The van der Waals surface area contributed by atoms with Gasteiger partial charge in [0, 0.05) is 27.8 Å². The molecule has 180 valence electrons. The Hall–Kier alpha value is -5.08. The Morgan fingerprint density at radius 2 is 1.00 bits per heavy atom. The standard InChI is InChI=1S/C36H25NO/c1-3-9-26(10-4-1)27-15-20-31(21-16-27)37(30-11-5-2-6-12-30)32-22-17-28(18-23-32)29-19-24-36-34(25-29)33-13-7-8-14-35(33)38-36/h1-25H/i1D,3D,4D,9D,10D. The smallest absolute Gasteiger partial charge is 0.135 e. The third-order valence-electron chi connectivity index (χ3n) is 6.76. The van der Waals surface area contributed by atoms with E-state index in [-0.39, 0.29) is 29.7 Å². The van der Waals surface area contributed by atoms with Crippen molar-refractivity contribution in [2.24, 2.45) is 0 Å². The molecule has 38 heavy (non-hydrogen) atoms. The van der Waals surface area contributed by atoms with Crippen molar-refractivity contribution < 1.29 is 11.3 Å². The lowest BCUT2D eigenvalue weighted by atomic mass is 10.0. The molecule has 2 heteroatoms. The van der Waals surface area contributed by atoms with E-state index in [0.717, 1.165) is 50.1 Å². The molecule has 0 unspecified atom stereocenters. The molecule has 0 bridgehead atoms. The predicted molar refractivity (Wildman–Crippen MR) is 159 cm³/mol. The second kappa shape index (κ2) is 9.42. The third-order valence-corrected chi connectivity index (χ3v) is 6.76. The number of hydrogen-bond donors (Lipinski definition) is 0. The van der Waals surface area contributed by atoms with Gasteiger partial charge in [-0.3, -0.25) is 0 Å². The van der Waals surface area contributed by atoms with Crippen LogP contribution in [-0.2, 0) is 0 Å². The monoisotopic (exact) mass is 492 g/mol. The van der Waals surface area contributed by atoms with Crippen LogP contribution in [-0.4, -0.2) is 0 Å². The highest BCUT2D eigenvalue weighted by atomic mass is 16.3. The van der Waals surface area contributed by atoms with Gasteiger partial charge in [-0.15, -0.1) is 0 Å². The maximum Gasteiger partial charge on any atom is 0.135 e. The van der Waals surface area contributed by atoms with Gasteiger partial charge in [-0.25, -0.2) is 0 Å². The largest absolute Gasteiger partial charge is 0.456 e. The molecule has 7 aromatic rings. The number of furan rings is 1. The lowest BCUT2D eigenvalue weighted by Crippen LogP contribution is -2.09. The molecule has 0 aliphatic carbocycles. The zero-order valence-electron chi connectivity index (χ0n) is 25.4. The van der Waals surface area contributed by atoms with Gasteiger partial charge in [0.25, 0.3) is 0 Å². The van der Waals surface area contributed by atoms with E-state index in [2.05, 4.69) is 47.4 Å². The molecular weight excluding hydrogens is 462 g/mol. The molecule has 0 saturated heterocycles. The van der Waals surface area contributed by atoms with Crippen LogP contribution in [0, 0.1) is 0 Å². The van der Waals surface area contributed by atoms with Crippen molar-refractivity contribution in [3.05, 3.63) is 152 Å². The van der Waals surface area contributed by atoms with Crippen molar-refractivity contribution in [2.75, 3.05) is 4.90 Å². The molecule has 0 amide bonds. The van der Waals surface area contributed by atoms with E-state index in [1.807, 2.05) is 66.7 Å². The zero-order chi connectivity index (χ0) is 29.7. The summed E-state index contributed by atoms with van der Waals surface area (Å²) in [5.41, 5.74) is 7.48. The first-order chi connectivity index (χ1) is 20.9. The topological polar surface area (TPSA) is 16.4 Å². The second-order valence-corrected chi connectivity index (χ2v) is 9.07. The summed E-state index contributed by atoms with van der Waals surface area (Å²) in [6.07, 6.45) is 0. The van der Waals surface area contributed by atoms with Crippen LogP contribution in [0.4, 0.5) is 17.1 Å². The second-order valence-electron chi connectivity index (χ2n) is 9.07. The highest BCUT2D eigenvalue weighted by Gasteiger charge is 2.13. The van der Waals surface area contributed by atoms with Crippen LogP contribution in [0.25, 0.3) is 44.2 Å². The minimum Gasteiger partial charge on any atom is -0.456 e. The fraction of sp³-hybridized carbons (Fsp3) is 0. The van der Waals surface area contributed by atoms with Crippen LogP contribution in [0.15, 0.2) is 156 Å². The Morgan fingerprint density at radius 3 is 1.71 bits per heavy atom. The summed E-state index contributed by atoms with van der Waals surface area (Å²) in [5, 5.41) is 2.18. The Bertz CT molecular complexity index is 2090. The SMILES string of the molecule is [2H]c1c([2H])c([2H])c(-c2ccc(N(c3ccccc3)c3ccc(-c4ccc5oc6ccccc6c5c4)cc3)cc2)c([2H])c1[2H]. The normalized spacial score (nSPS) is 13.0. The molecule has 0 aliphatic rings. The highest BCUT2D eigenvalue weighted by Crippen LogP contribution is 2.37. The number of para-hydroxylation sites is 2. The van der Waals surface area contributed by atoms with Crippen molar-refractivity contribution in [2.45, 2.75) is 0 Å². The van der Waals surface area contributed by atoms with Gasteiger partial charge in [-0.2, -0.15) is 0 Å². The van der Waals surface area contributed by atoms with Crippen molar-refractivity contribution in [1.82, 2.24) is 0 Å². The van der Waals surface area contributed by atoms with E-state index < -0.39 is 6.04 Å². The molecule has 1 heterocycles. The molecular formula is C36H25NO. The number of anilines is 3. The van der Waals surface area contributed by atoms with Gasteiger partial charge in [0.1, 0.15) is 11.2 Å². The van der Waals surface area contributed by atoms with Crippen LogP contribution in [0.2, 0.25) is 0 Å². The van der Waals surface area contributed by atoms with E-state index in [9.17, 15) is 0 Å². The van der Waals surface area contributed by atoms with Gasteiger partial charge in [0.2, 0.25) is 0 Å². The fourth-order valence-electron chi connectivity index (χ4n) is 4.90. The van der Waals surface area contributed by atoms with E-state index in [0.29, 0.717) is 5.56 Å². The van der Waals surface area contributed by atoms with Gasteiger partial charge in [-0.05, 0) is 76.9 Å². The van der Waals surface area contributed by atoms with E-state index in [4.69, 9.17) is 11.3 Å². The lowest BCUT2D eigenvalue weighted by molar-refractivity contribution is 0.669. The molecule has 1 aromatic heterocycles. The summed E-state index contributed by atoms with van der Waals surface area (Å²) < 4.78 is 46.7. The van der Waals surface area contributed by atoms with E-state index >= 15 is 0 Å². The Balaban J connectivity index is 1.27. The summed E-state index contributed by atoms with van der Waals surface area (Å²) >= 11 is 0. The number of benzene rings is 6. The average Bonchev–Trinajstić information content (AvgIpc) is 3.43. The first-order valence-corrected chi connectivity index (χ1v) is 12.4. The first-order valence-electron chi connectivity index (χ1n) is 14.9. The van der Waals surface area contributed by atoms with Crippen LogP contribution in [0.3, 0.4) is 0 Å². The van der Waals surface area contributed by atoms with Gasteiger partial charge >= 0.3 is 0 Å². The van der Waals surface area contributed by atoms with Crippen molar-refractivity contribution in [3.63, 3.8) is 0 Å². The maximum atomic E-state index is 8.36. The minimum atomic E-state index is -0.396. The highest BCUT2D eigenvalue weighted by molar-refractivity contribution is 6.06. The summed E-state index contributed by atoms with van der Waals surface area (Å²) in [7, 11) is 0. The molecule has 0 saturated carbocycles. The van der Waals surface area contributed by atoms with E-state index in [1.165, 1.54) is 0 Å². The lowest BCUT2D eigenvalue weighted by Gasteiger charge is -2.26. The average molecular weight is 493 g/mol. The predicted octanol–water partition coefficient (Wildman–Crippen LogP) is 10.4. The summed E-state index contributed by atoms with van der Waals surface area (Å²) in [6, 6.07) is 38.7. The molecule has 7 rings (SSSR count). The van der Waals surface area contributed by atoms with Crippen LogP contribution < -0.4 is 4.90 Å². The summed E-state index contributed by atoms with van der Waals surface area (Å²) in [6.45, 7) is 0. The molecule has 0 radical (unpaired) electrons. The quantitative estimate of drug-likeness (QED) is 0.238. The molecule has 2 nitrogen and oxygen atoms in total. The van der Waals surface area contributed by atoms with Crippen LogP contribution in [0.1, 0.15) is 6.85 Å². The maximum absolute atomic E-state index is 8.36. The number of rotatable bonds is 5. The van der Waals surface area contributed by atoms with Crippen LogP contribution in [0.5, 0.6) is 0 Å². The number of fused-ring (bicyclic) bond motifs is 3. The van der Waals surface area contributed by atoms with Gasteiger partial charge < -0.3 is 9.32 Å². The fourth-order valence-corrected chi connectivity index (χ4v) is 4.90. The number of nitrogens with zero attached hydrogens (tertiary/aromatic N) is 1. The van der Waals surface area contributed by atoms with E-state index in [1.54, 1.807) is 12.1 Å². The van der Waals surface area contributed by atoms with Crippen molar-refractivity contribution in [3.8, 4) is 22.3 Å². The van der Waals surface area contributed by atoms with Gasteiger partial charge in [-0.1, -0.05) is 96.9 Å². The third kappa shape index (κ3) is 4.03. The molecule has 0 spiro atoms.